The zero-order valence-corrected chi connectivity index (χ0v) is 15.5. The third-order valence-electron chi connectivity index (χ3n) is 5.30. The number of halogens is 3. The highest BCUT2D eigenvalue weighted by molar-refractivity contribution is 5.81. The van der Waals surface area contributed by atoms with Gasteiger partial charge in [0.25, 0.3) is 0 Å². The molecule has 3 rings (SSSR count). The normalized spacial score (nSPS) is 21.3. The number of carbonyl (C=O) groups excluding carboxylic acids is 1. The standard InChI is InChI=1S/C19H26F3N3O2/c1-15(18(26)25-9-11-27-12-10-25)24-7-5-23(6-8-24)14-16-3-2-4-17(13-16)19(20,21)22/h2-4,13,15H,5-12,14H2,1H3/t15-/m1/s1. The first-order valence-electron chi connectivity index (χ1n) is 9.33. The molecule has 150 valence electrons. The van der Waals surface area contributed by atoms with Crippen LogP contribution in [-0.2, 0) is 22.3 Å². The molecule has 0 unspecified atom stereocenters. The highest BCUT2D eigenvalue weighted by Gasteiger charge is 2.31. The molecule has 1 atom stereocenters. The Balaban J connectivity index is 1.51. The summed E-state index contributed by atoms with van der Waals surface area (Å²) in [6, 6.07) is 5.32. The van der Waals surface area contributed by atoms with Crippen molar-refractivity contribution in [1.82, 2.24) is 14.7 Å². The Morgan fingerprint density at radius 3 is 2.41 bits per heavy atom. The maximum Gasteiger partial charge on any atom is 0.416 e. The summed E-state index contributed by atoms with van der Waals surface area (Å²) >= 11 is 0. The molecular weight excluding hydrogens is 359 g/mol. The maximum atomic E-state index is 12.9. The van der Waals surface area contributed by atoms with Crippen molar-refractivity contribution in [3.63, 3.8) is 0 Å². The van der Waals surface area contributed by atoms with E-state index in [0.717, 1.165) is 32.2 Å². The van der Waals surface area contributed by atoms with Gasteiger partial charge in [-0.05, 0) is 18.6 Å². The molecule has 2 fully saturated rings. The fraction of sp³-hybridized carbons (Fsp3) is 0.632. The van der Waals surface area contributed by atoms with Crippen LogP contribution in [0.1, 0.15) is 18.1 Å². The van der Waals surface area contributed by atoms with Crippen molar-refractivity contribution in [2.75, 3.05) is 52.5 Å². The van der Waals surface area contributed by atoms with Gasteiger partial charge in [-0.3, -0.25) is 14.6 Å². The molecule has 0 radical (unpaired) electrons. The predicted molar refractivity (Wildman–Crippen MR) is 95.2 cm³/mol. The van der Waals surface area contributed by atoms with Crippen molar-refractivity contribution in [2.45, 2.75) is 25.7 Å². The summed E-state index contributed by atoms with van der Waals surface area (Å²) in [5.41, 5.74) is 0.0547. The van der Waals surface area contributed by atoms with Gasteiger partial charge in [0.15, 0.2) is 0 Å². The quantitative estimate of drug-likeness (QED) is 0.795. The van der Waals surface area contributed by atoms with Gasteiger partial charge in [0.2, 0.25) is 5.91 Å². The van der Waals surface area contributed by atoms with E-state index in [-0.39, 0.29) is 11.9 Å². The third kappa shape index (κ3) is 5.21. The van der Waals surface area contributed by atoms with E-state index in [9.17, 15) is 18.0 Å². The molecule has 2 aliphatic heterocycles. The lowest BCUT2D eigenvalue weighted by atomic mass is 10.1. The van der Waals surface area contributed by atoms with Crippen LogP contribution < -0.4 is 0 Å². The molecule has 2 aliphatic rings. The predicted octanol–water partition coefficient (Wildman–Crippen LogP) is 2.07. The topological polar surface area (TPSA) is 36.0 Å². The van der Waals surface area contributed by atoms with E-state index in [2.05, 4.69) is 9.80 Å². The molecular formula is C19H26F3N3O2. The lowest BCUT2D eigenvalue weighted by molar-refractivity contribution is -0.141. The first kappa shape index (κ1) is 20.1. The van der Waals surface area contributed by atoms with Crippen LogP contribution in [0.15, 0.2) is 24.3 Å². The summed E-state index contributed by atoms with van der Waals surface area (Å²) in [6.07, 6.45) is -4.32. The second kappa shape index (κ2) is 8.58. The minimum absolute atomic E-state index is 0.129. The van der Waals surface area contributed by atoms with E-state index in [1.165, 1.54) is 12.1 Å². The lowest BCUT2D eigenvalue weighted by Crippen LogP contribution is -2.55. The van der Waals surface area contributed by atoms with Crippen LogP contribution in [0.4, 0.5) is 13.2 Å². The van der Waals surface area contributed by atoms with Gasteiger partial charge in [-0.25, -0.2) is 0 Å². The molecule has 5 nitrogen and oxygen atoms in total. The van der Waals surface area contributed by atoms with Crippen molar-refractivity contribution >= 4 is 5.91 Å². The summed E-state index contributed by atoms with van der Waals surface area (Å²) in [5.74, 6) is 0.129. The number of benzene rings is 1. The first-order valence-corrected chi connectivity index (χ1v) is 9.33. The second-order valence-corrected chi connectivity index (χ2v) is 7.12. The number of alkyl halides is 3. The minimum atomic E-state index is -4.32. The van der Waals surface area contributed by atoms with Crippen molar-refractivity contribution in [3.8, 4) is 0 Å². The molecule has 2 heterocycles. The highest BCUT2D eigenvalue weighted by Crippen LogP contribution is 2.29. The third-order valence-corrected chi connectivity index (χ3v) is 5.30. The highest BCUT2D eigenvalue weighted by atomic mass is 19.4. The van der Waals surface area contributed by atoms with Crippen LogP contribution in [0.3, 0.4) is 0 Å². The Kier molecular flexibility index (Phi) is 6.39. The monoisotopic (exact) mass is 385 g/mol. The fourth-order valence-corrected chi connectivity index (χ4v) is 3.62. The number of carbonyl (C=O) groups is 1. The molecule has 0 bridgehead atoms. The van der Waals surface area contributed by atoms with E-state index in [1.54, 1.807) is 6.07 Å². The molecule has 0 aliphatic carbocycles. The average Bonchev–Trinajstić information content (AvgIpc) is 2.68. The van der Waals surface area contributed by atoms with Crippen LogP contribution >= 0.6 is 0 Å². The lowest BCUT2D eigenvalue weighted by Gasteiger charge is -2.39. The number of nitrogens with zero attached hydrogens (tertiary/aromatic N) is 3. The van der Waals surface area contributed by atoms with Gasteiger partial charge in [0.1, 0.15) is 0 Å². The largest absolute Gasteiger partial charge is 0.416 e. The zero-order chi connectivity index (χ0) is 19.4. The van der Waals surface area contributed by atoms with Crippen LogP contribution in [0.25, 0.3) is 0 Å². The molecule has 1 amide bonds. The Labute approximate surface area is 157 Å². The summed E-state index contributed by atoms with van der Waals surface area (Å²) in [7, 11) is 0. The molecule has 27 heavy (non-hydrogen) atoms. The smallest absolute Gasteiger partial charge is 0.378 e. The van der Waals surface area contributed by atoms with Gasteiger partial charge in [0.05, 0.1) is 24.8 Å². The number of morpholine rings is 1. The number of hydrogen-bond donors (Lipinski definition) is 0. The number of piperazine rings is 1. The van der Waals surface area contributed by atoms with E-state index in [4.69, 9.17) is 4.74 Å². The van der Waals surface area contributed by atoms with Crippen LogP contribution in [0.5, 0.6) is 0 Å². The van der Waals surface area contributed by atoms with Gasteiger partial charge in [-0.15, -0.1) is 0 Å². The van der Waals surface area contributed by atoms with Gasteiger partial charge in [0, 0.05) is 45.8 Å². The molecule has 0 aromatic heterocycles. The molecule has 8 heteroatoms. The summed E-state index contributed by atoms with van der Waals surface area (Å²) in [4.78, 5) is 18.8. The Morgan fingerprint density at radius 1 is 1.11 bits per heavy atom. The van der Waals surface area contributed by atoms with Crippen molar-refractivity contribution < 1.29 is 22.7 Å². The number of rotatable bonds is 4. The van der Waals surface area contributed by atoms with Crippen LogP contribution in [0.2, 0.25) is 0 Å². The summed E-state index contributed by atoms with van der Waals surface area (Å²) in [6.45, 7) is 7.80. The molecule has 1 aromatic rings. The number of hydrogen-bond acceptors (Lipinski definition) is 4. The molecule has 2 saturated heterocycles. The average molecular weight is 385 g/mol. The molecule has 0 spiro atoms. The molecule has 1 aromatic carbocycles. The van der Waals surface area contributed by atoms with E-state index >= 15 is 0 Å². The maximum absolute atomic E-state index is 12.9. The number of amides is 1. The Morgan fingerprint density at radius 2 is 1.78 bits per heavy atom. The first-order chi connectivity index (χ1) is 12.8. The van der Waals surface area contributed by atoms with Gasteiger partial charge >= 0.3 is 6.18 Å². The molecule has 0 saturated carbocycles. The summed E-state index contributed by atoms with van der Waals surface area (Å²) in [5, 5.41) is 0. The van der Waals surface area contributed by atoms with Crippen LogP contribution in [-0.4, -0.2) is 79.1 Å². The van der Waals surface area contributed by atoms with Crippen molar-refractivity contribution in [1.29, 1.82) is 0 Å². The Hall–Kier alpha value is -1.64. The van der Waals surface area contributed by atoms with Crippen molar-refractivity contribution in [3.05, 3.63) is 35.4 Å². The zero-order valence-electron chi connectivity index (χ0n) is 15.5. The van der Waals surface area contributed by atoms with Crippen molar-refractivity contribution in [2.24, 2.45) is 0 Å². The van der Waals surface area contributed by atoms with E-state index in [0.29, 0.717) is 38.4 Å². The van der Waals surface area contributed by atoms with Gasteiger partial charge < -0.3 is 9.64 Å². The number of ether oxygens (including phenoxy) is 1. The van der Waals surface area contributed by atoms with Gasteiger partial charge in [-0.2, -0.15) is 13.2 Å². The minimum Gasteiger partial charge on any atom is -0.378 e. The van der Waals surface area contributed by atoms with Gasteiger partial charge in [-0.1, -0.05) is 18.2 Å². The molecule has 0 N–H and O–H groups in total. The fourth-order valence-electron chi connectivity index (χ4n) is 3.62. The van der Waals surface area contributed by atoms with E-state index in [1.807, 2.05) is 11.8 Å². The SMILES string of the molecule is C[C@H](C(=O)N1CCOCC1)N1CCN(Cc2cccc(C(F)(F)F)c2)CC1. The van der Waals surface area contributed by atoms with Crippen LogP contribution in [0, 0.1) is 0 Å². The van der Waals surface area contributed by atoms with E-state index < -0.39 is 11.7 Å². The Bertz CT molecular complexity index is 639. The summed E-state index contributed by atoms with van der Waals surface area (Å²) < 4.78 is 43.8. The second-order valence-electron chi connectivity index (χ2n) is 7.12.